The molecule has 0 aromatic carbocycles. The van der Waals surface area contributed by atoms with Gasteiger partial charge in [-0.1, -0.05) is 25.7 Å². The summed E-state index contributed by atoms with van der Waals surface area (Å²) in [7, 11) is 0. The minimum absolute atomic E-state index is 0.0387. The van der Waals surface area contributed by atoms with Gasteiger partial charge in [0.05, 0.1) is 5.92 Å². The van der Waals surface area contributed by atoms with Crippen LogP contribution >= 0.6 is 0 Å². The Bertz CT molecular complexity index is 521. The predicted octanol–water partition coefficient (Wildman–Crippen LogP) is 3.56. The maximum atomic E-state index is 12.1. The first-order valence-corrected chi connectivity index (χ1v) is 9.87. The van der Waals surface area contributed by atoms with E-state index in [0.29, 0.717) is 12.8 Å². The molecule has 1 aliphatic heterocycles. The highest BCUT2D eigenvalue weighted by Crippen LogP contribution is 2.29. The van der Waals surface area contributed by atoms with Crippen molar-refractivity contribution in [1.82, 2.24) is 0 Å². The van der Waals surface area contributed by atoms with Crippen LogP contribution in [0.2, 0.25) is 0 Å². The lowest BCUT2D eigenvalue weighted by Crippen LogP contribution is -2.27. The molecule has 0 unspecified atom stereocenters. The molecule has 27 heavy (non-hydrogen) atoms. The zero-order chi connectivity index (χ0) is 20.1. The lowest BCUT2D eigenvalue weighted by atomic mass is 9.95. The molecule has 6 heteroatoms. The molecular weight excluding hydrogens is 348 g/mol. The molecule has 1 rings (SSSR count). The summed E-state index contributed by atoms with van der Waals surface area (Å²) >= 11 is 0. The van der Waals surface area contributed by atoms with Crippen molar-refractivity contribution in [3.05, 3.63) is 0 Å². The van der Waals surface area contributed by atoms with Gasteiger partial charge in [0.2, 0.25) is 0 Å². The fourth-order valence-electron chi connectivity index (χ4n) is 3.31. The molecule has 0 N–H and O–H groups in total. The Hall–Kier alpha value is -2.03. The van der Waals surface area contributed by atoms with Crippen LogP contribution in [0.4, 0.5) is 0 Å². The van der Waals surface area contributed by atoms with Crippen LogP contribution in [0.15, 0.2) is 0 Å². The number of carbonyl (C=O) groups is 3. The monoisotopic (exact) mass is 380 g/mol. The van der Waals surface area contributed by atoms with Crippen molar-refractivity contribution in [3.63, 3.8) is 0 Å². The summed E-state index contributed by atoms with van der Waals surface area (Å²) in [6.07, 6.45) is 14.0. The zero-order valence-corrected chi connectivity index (χ0v) is 16.5. The van der Waals surface area contributed by atoms with Crippen LogP contribution < -0.4 is 0 Å². The average molecular weight is 380 g/mol. The Morgan fingerprint density at radius 1 is 1.15 bits per heavy atom. The summed E-state index contributed by atoms with van der Waals surface area (Å²) in [4.78, 5) is 34.3. The minimum Gasteiger partial charge on any atom is -0.462 e. The molecule has 0 radical (unpaired) electrons. The Morgan fingerprint density at radius 3 is 2.44 bits per heavy atom. The van der Waals surface area contributed by atoms with Crippen molar-refractivity contribution >= 4 is 17.9 Å². The van der Waals surface area contributed by atoms with Gasteiger partial charge in [0, 0.05) is 26.7 Å². The van der Waals surface area contributed by atoms with E-state index in [-0.39, 0.29) is 24.6 Å². The van der Waals surface area contributed by atoms with E-state index < -0.39 is 18.0 Å². The molecule has 0 bridgehead atoms. The SMILES string of the molecule is C#CCCCCCCCC[C@H]1C[C@H](C[C@H](COC(C)=O)OC(C)=O)C(=O)O1. The third-order valence-corrected chi connectivity index (χ3v) is 4.61. The second-order valence-electron chi connectivity index (χ2n) is 7.13. The summed E-state index contributed by atoms with van der Waals surface area (Å²) in [6, 6.07) is 0. The Labute approximate surface area is 162 Å². The number of terminal acetylenes is 1. The van der Waals surface area contributed by atoms with Crippen LogP contribution in [0.3, 0.4) is 0 Å². The highest BCUT2D eigenvalue weighted by molar-refractivity contribution is 5.74. The van der Waals surface area contributed by atoms with E-state index in [1.807, 2.05) is 0 Å². The quantitative estimate of drug-likeness (QED) is 0.210. The Morgan fingerprint density at radius 2 is 1.81 bits per heavy atom. The number of rotatable bonds is 13. The van der Waals surface area contributed by atoms with Crippen LogP contribution in [0, 0.1) is 18.3 Å². The first kappa shape index (κ1) is 23.0. The fourth-order valence-corrected chi connectivity index (χ4v) is 3.31. The molecule has 1 fully saturated rings. The molecule has 0 amide bonds. The second-order valence-corrected chi connectivity index (χ2v) is 7.13. The first-order chi connectivity index (χ1) is 12.9. The Balaban J connectivity index is 2.27. The van der Waals surface area contributed by atoms with Crippen LogP contribution in [-0.2, 0) is 28.6 Å². The van der Waals surface area contributed by atoms with Crippen LogP contribution in [0.5, 0.6) is 0 Å². The van der Waals surface area contributed by atoms with Gasteiger partial charge in [-0.15, -0.1) is 12.3 Å². The molecule has 1 heterocycles. The predicted molar refractivity (Wildman–Crippen MR) is 101 cm³/mol. The topological polar surface area (TPSA) is 78.9 Å². The van der Waals surface area contributed by atoms with Gasteiger partial charge < -0.3 is 14.2 Å². The number of carbonyl (C=O) groups excluding carboxylic acids is 3. The van der Waals surface area contributed by atoms with Gasteiger partial charge in [0.1, 0.15) is 18.8 Å². The lowest BCUT2D eigenvalue weighted by molar-refractivity contribution is -0.158. The molecule has 0 aliphatic carbocycles. The minimum atomic E-state index is -0.620. The van der Waals surface area contributed by atoms with Gasteiger partial charge in [-0.05, 0) is 25.7 Å². The van der Waals surface area contributed by atoms with Gasteiger partial charge >= 0.3 is 17.9 Å². The largest absolute Gasteiger partial charge is 0.462 e. The highest BCUT2D eigenvalue weighted by atomic mass is 16.6. The maximum Gasteiger partial charge on any atom is 0.309 e. The standard InChI is InChI=1S/C21H32O6/c1-4-5-6-7-8-9-10-11-12-19-13-18(21(24)27-19)14-20(26-17(3)23)15-25-16(2)22/h1,18-20H,5-15H2,2-3H3/t18-,19+,20-/m1/s1. The number of cyclic esters (lactones) is 1. The Kier molecular flexibility index (Phi) is 11.2. The second kappa shape index (κ2) is 13.2. The molecule has 0 saturated carbocycles. The molecule has 0 aromatic heterocycles. The third kappa shape index (κ3) is 10.6. The number of ether oxygens (including phenoxy) is 3. The molecule has 3 atom stereocenters. The van der Waals surface area contributed by atoms with Crippen LogP contribution in [-0.4, -0.2) is 36.7 Å². The first-order valence-electron chi connectivity index (χ1n) is 9.87. The van der Waals surface area contributed by atoms with Crippen molar-refractivity contribution in [3.8, 4) is 12.3 Å². The molecule has 1 aliphatic rings. The number of hydrogen-bond acceptors (Lipinski definition) is 6. The molecule has 0 aromatic rings. The average Bonchev–Trinajstić information content (AvgIpc) is 2.94. The van der Waals surface area contributed by atoms with Crippen molar-refractivity contribution in [2.45, 2.75) is 90.3 Å². The fraction of sp³-hybridized carbons (Fsp3) is 0.762. The normalized spacial score (nSPS) is 19.8. The van der Waals surface area contributed by atoms with E-state index in [2.05, 4.69) is 5.92 Å². The van der Waals surface area contributed by atoms with Crippen LogP contribution in [0.1, 0.15) is 78.1 Å². The summed E-state index contributed by atoms with van der Waals surface area (Å²) in [5.74, 6) is 1.17. The van der Waals surface area contributed by atoms with E-state index in [1.54, 1.807) is 0 Å². The zero-order valence-electron chi connectivity index (χ0n) is 16.5. The lowest BCUT2D eigenvalue weighted by Gasteiger charge is -2.18. The summed E-state index contributed by atoms with van der Waals surface area (Å²) in [5.41, 5.74) is 0. The smallest absolute Gasteiger partial charge is 0.309 e. The van der Waals surface area contributed by atoms with Gasteiger partial charge in [0.15, 0.2) is 0 Å². The summed E-state index contributed by atoms with van der Waals surface area (Å²) in [5, 5.41) is 0. The van der Waals surface area contributed by atoms with Crippen LogP contribution in [0.25, 0.3) is 0 Å². The van der Waals surface area contributed by atoms with E-state index in [0.717, 1.165) is 32.1 Å². The summed E-state index contributed by atoms with van der Waals surface area (Å²) < 4.78 is 15.5. The highest BCUT2D eigenvalue weighted by Gasteiger charge is 2.36. The van der Waals surface area contributed by atoms with E-state index in [9.17, 15) is 14.4 Å². The van der Waals surface area contributed by atoms with Gasteiger partial charge in [-0.2, -0.15) is 0 Å². The molecule has 6 nitrogen and oxygen atoms in total. The van der Waals surface area contributed by atoms with E-state index in [1.165, 1.54) is 33.1 Å². The number of esters is 3. The molecule has 0 spiro atoms. The van der Waals surface area contributed by atoms with Crippen molar-refractivity contribution in [2.75, 3.05) is 6.61 Å². The van der Waals surface area contributed by atoms with Crippen molar-refractivity contribution in [2.24, 2.45) is 5.92 Å². The van der Waals surface area contributed by atoms with Crippen molar-refractivity contribution < 1.29 is 28.6 Å². The maximum absolute atomic E-state index is 12.1. The van der Waals surface area contributed by atoms with Gasteiger partial charge in [0.25, 0.3) is 0 Å². The molecule has 1 saturated heterocycles. The van der Waals surface area contributed by atoms with E-state index in [4.69, 9.17) is 20.6 Å². The molecule has 152 valence electrons. The number of hydrogen-bond donors (Lipinski definition) is 0. The number of unbranched alkanes of at least 4 members (excludes halogenated alkanes) is 6. The van der Waals surface area contributed by atoms with Gasteiger partial charge in [-0.25, -0.2) is 0 Å². The van der Waals surface area contributed by atoms with Crippen molar-refractivity contribution in [1.29, 1.82) is 0 Å². The molecular formula is C21H32O6. The summed E-state index contributed by atoms with van der Waals surface area (Å²) in [6.45, 7) is 2.55. The third-order valence-electron chi connectivity index (χ3n) is 4.61. The van der Waals surface area contributed by atoms with E-state index >= 15 is 0 Å². The van der Waals surface area contributed by atoms with Gasteiger partial charge in [-0.3, -0.25) is 14.4 Å².